The van der Waals surface area contributed by atoms with Crippen molar-refractivity contribution in [3.05, 3.63) is 66.2 Å². The van der Waals surface area contributed by atoms with Crippen LogP contribution >= 0.6 is 0 Å². The van der Waals surface area contributed by atoms with Crippen LogP contribution in [0.4, 0.5) is 5.82 Å². The van der Waals surface area contributed by atoms with E-state index in [1.807, 2.05) is 36.4 Å². The van der Waals surface area contributed by atoms with Gasteiger partial charge in [0, 0.05) is 11.1 Å². The average molecular weight is 344 g/mol. The molecule has 0 aliphatic carbocycles. The first-order valence-corrected chi connectivity index (χ1v) is 7.86. The zero-order valence-electron chi connectivity index (χ0n) is 13.8. The lowest BCUT2D eigenvalue weighted by Crippen LogP contribution is -2.20. The molecule has 0 saturated heterocycles. The Hall–Kier alpha value is -3.85. The van der Waals surface area contributed by atoms with E-state index in [1.165, 1.54) is 0 Å². The van der Waals surface area contributed by atoms with Crippen molar-refractivity contribution in [1.29, 1.82) is 5.26 Å². The number of carbonyl (C=O) groups excluding carboxylic acids is 1. The van der Waals surface area contributed by atoms with E-state index in [1.54, 1.807) is 24.3 Å². The summed E-state index contributed by atoms with van der Waals surface area (Å²) in [5, 5.41) is 9.48. The monoisotopic (exact) mass is 344 g/mol. The van der Waals surface area contributed by atoms with E-state index >= 15 is 0 Å². The normalized spacial score (nSPS) is 10.1. The number of benzene rings is 2. The van der Waals surface area contributed by atoms with Crippen LogP contribution in [0.3, 0.4) is 0 Å². The van der Waals surface area contributed by atoms with Crippen molar-refractivity contribution in [2.24, 2.45) is 5.73 Å². The molecule has 0 unspecified atom stereocenters. The minimum atomic E-state index is -0.572. The summed E-state index contributed by atoms with van der Waals surface area (Å²) in [4.78, 5) is 15.4. The molecule has 0 aliphatic rings. The molecule has 3 aromatic rings. The highest BCUT2D eigenvalue weighted by molar-refractivity contribution is 5.82. The molecule has 6 nitrogen and oxygen atoms in total. The first kappa shape index (κ1) is 17.0. The van der Waals surface area contributed by atoms with Crippen molar-refractivity contribution >= 4 is 11.7 Å². The summed E-state index contributed by atoms with van der Waals surface area (Å²) in [6, 6.07) is 20.5. The van der Waals surface area contributed by atoms with Crippen LogP contribution in [0.15, 0.2) is 60.7 Å². The molecular weight excluding hydrogens is 328 g/mol. The fraction of sp³-hybridized carbons (Fsp3) is 0.0500. The van der Waals surface area contributed by atoms with Gasteiger partial charge in [0.25, 0.3) is 5.91 Å². The number of aromatic nitrogens is 1. The lowest BCUT2D eigenvalue weighted by molar-refractivity contribution is -0.119. The largest absolute Gasteiger partial charge is 0.483 e. The van der Waals surface area contributed by atoms with Crippen LogP contribution in [0.5, 0.6) is 5.75 Å². The lowest BCUT2D eigenvalue weighted by Gasteiger charge is -2.13. The van der Waals surface area contributed by atoms with Gasteiger partial charge in [-0.25, -0.2) is 4.98 Å². The summed E-state index contributed by atoms with van der Waals surface area (Å²) in [5.41, 5.74) is 14.2. The van der Waals surface area contributed by atoms with E-state index < -0.39 is 5.91 Å². The molecule has 128 valence electrons. The van der Waals surface area contributed by atoms with Gasteiger partial charge in [-0.15, -0.1) is 0 Å². The van der Waals surface area contributed by atoms with Gasteiger partial charge in [0.2, 0.25) is 0 Å². The number of anilines is 1. The van der Waals surface area contributed by atoms with Gasteiger partial charge in [-0.2, -0.15) is 5.26 Å². The number of pyridine rings is 1. The van der Waals surface area contributed by atoms with Crippen molar-refractivity contribution in [3.8, 4) is 34.2 Å². The van der Waals surface area contributed by atoms with Crippen LogP contribution in [-0.4, -0.2) is 17.5 Å². The minimum absolute atomic E-state index is 0.133. The number of amides is 1. The van der Waals surface area contributed by atoms with E-state index in [-0.39, 0.29) is 12.4 Å². The number of hydrogen-bond acceptors (Lipinski definition) is 5. The third-order valence-electron chi connectivity index (χ3n) is 3.78. The molecular formula is C20H16N4O2. The Kier molecular flexibility index (Phi) is 4.81. The molecule has 0 fully saturated rings. The molecule has 1 amide bonds. The van der Waals surface area contributed by atoms with Crippen molar-refractivity contribution < 1.29 is 9.53 Å². The van der Waals surface area contributed by atoms with Gasteiger partial charge in [-0.1, -0.05) is 42.5 Å². The van der Waals surface area contributed by atoms with Crippen LogP contribution in [-0.2, 0) is 4.79 Å². The standard InChI is InChI=1S/C20H16N4O2/c21-11-16-15(13-6-2-1-3-7-13)10-17(24-20(16)23)14-8-4-5-9-18(14)26-12-19(22)25/h1-10H,12H2,(H2,22,25)(H2,23,24). The quantitative estimate of drug-likeness (QED) is 0.738. The fourth-order valence-electron chi connectivity index (χ4n) is 2.62. The van der Waals surface area contributed by atoms with E-state index in [0.717, 1.165) is 5.56 Å². The molecule has 0 bridgehead atoms. The number of nitriles is 1. The Morgan fingerprint density at radius 2 is 1.77 bits per heavy atom. The summed E-state index contributed by atoms with van der Waals surface area (Å²) >= 11 is 0. The van der Waals surface area contributed by atoms with Crippen LogP contribution in [0.1, 0.15) is 5.56 Å². The van der Waals surface area contributed by atoms with Crippen molar-refractivity contribution in [3.63, 3.8) is 0 Å². The number of primary amides is 1. The Labute approximate surface area is 150 Å². The molecule has 6 heteroatoms. The fourth-order valence-corrected chi connectivity index (χ4v) is 2.62. The number of nitrogen functional groups attached to an aromatic ring is 1. The van der Waals surface area contributed by atoms with E-state index in [2.05, 4.69) is 11.1 Å². The topological polar surface area (TPSA) is 115 Å². The molecule has 0 aliphatic heterocycles. The number of hydrogen-bond donors (Lipinski definition) is 2. The Bertz CT molecular complexity index is 994. The molecule has 0 atom stereocenters. The van der Waals surface area contributed by atoms with Gasteiger partial charge in [0.15, 0.2) is 6.61 Å². The molecule has 1 heterocycles. The highest BCUT2D eigenvalue weighted by atomic mass is 16.5. The van der Waals surface area contributed by atoms with E-state index in [0.29, 0.717) is 28.1 Å². The summed E-state index contributed by atoms with van der Waals surface area (Å²) in [5.74, 6) is 0.0209. The minimum Gasteiger partial charge on any atom is -0.483 e. The number of para-hydroxylation sites is 1. The zero-order chi connectivity index (χ0) is 18.5. The molecule has 0 spiro atoms. The second kappa shape index (κ2) is 7.36. The Balaban J connectivity index is 2.15. The smallest absolute Gasteiger partial charge is 0.255 e. The maximum absolute atomic E-state index is 11.0. The molecule has 26 heavy (non-hydrogen) atoms. The molecule has 3 rings (SSSR count). The predicted octanol–water partition coefficient (Wildman–Crippen LogP) is 2.73. The second-order valence-electron chi connectivity index (χ2n) is 5.54. The van der Waals surface area contributed by atoms with Crippen molar-refractivity contribution in [2.45, 2.75) is 0 Å². The highest BCUT2D eigenvalue weighted by Gasteiger charge is 2.15. The van der Waals surface area contributed by atoms with Gasteiger partial charge in [0.1, 0.15) is 23.2 Å². The number of nitrogens with two attached hydrogens (primary N) is 2. The molecule has 0 saturated carbocycles. The lowest BCUT2D eigenvalue weighted by atomic mass is 9.98. The van der Waals surface area contributed by atoms with Crippen molar-refractivity contribution in [2.75, 3.05) is 12.3 Å². The molecule has 1 aromatic heterocycles. The van der Waals surface area contributed by atoms with Gasteiger partial charge in [-0.05, 0) is 23.8 Å². The summed E-state index contributed by atoms with van der Waals surface area (Å²) in [6.45, 7) is -0.242. The number of nitrogens with zero attached hydrogens (tertiary/aromatic N) is 2. The predicted molar refractivity (Wildman–Crippen MR) is 98.9 cm³/mol. The van der Waals surface area contributed by atoms with E-state index in [9.17, 15) is 10.1 Å². The van der Waals surface area contributed by atoms with Crippen LogP contribution < -0.4 is 16.2 Å². The van der Waals surface area contributed by atoms with Gasteiger partial charge in [-0.3, -0.25) is 4.79 Å². The van der Waals surface area contributed by atoms with E-state index in [4.69, 9.17) is 16.2 Å². The molecule has 2 aromatic carbocycles. The van der Waals surface area contributed by atoms with Gasteiger partial charge < -0.3 is 16.2 Å². The molecule has 4 N–H and O–H groups in total. The Morgan fingerprint density at radius 1 is 1.08 bits per heavy atom. The average Bonchev–Trinajstić information content (AvgIpc) is 2.66. The summed E-state index contributed by atoms with van der Waals surface area (Å²) < 4.78 is 5.47. The Morgan fingerprint density at radius 3 is 2.46 bits per heavy atom. The first-order chi connectivity index (χ1) is 12.6. The molecule has 0 radical (unpaired) electrons. The number of ether oxygens (including phenoxy) is 1. The maximum atomic E-state index is 11.0. The third-order valence-corrected chi connectivity index (χ3v) is 3.78. The zero-order valence-corrected chi connectivity index (χ0v) is 13.8. The van der Waals surface area contributed by atoms with Gasteiger partial charge >= 0.3 is 0 Å². The SMILES string of the molecule is N#Cc1c(-c2ccccc2)cc(-c2ccccc2OCC(N)=O)nc1N. The summed E-state index contributed by atoms with van der Waals surface area (Å²) in [7, 11) is 0. The van der Waals surface area contributed by atoms with Crippen molar-refractivity contribution in [1.82, 2.24) is 4.98 Å². The second-order valence-corrected chi connectivity index (χ2v) is 5.54. The van der Waals surface area contributed by atoms with Crippen LogP contribution in [0.2, 0.25) is 0 Å². The number of rotatable bonds is 5. The van der Waals surface area contributed by atoms with Crippen LogP contribution in [0, 0.1) is 11.3 Å². The highest BCUT2D eigenvalue weighted by Crippen LogP contribution is 2.34. The number of carbonyl (C=O) groups is 1. The van der Waals surface area contributed by atoms with Crippen LogP contribution in [0.25, 0.3) is 22.4 Å². The maximum Gasteiger partial charge on any atom is 0.255 e. The first-order valence-electron chi connectivity index (χ1n) is 7.86. The van der Waals surface area contributed by atoms with Gasteiger partial charge in [0.05, 0.1) is 5.69 Å². The summed E-state index contributed by atoms with van der Waals surface area (Å²) in [6.07, 6.45) is 0. The third kappa shape index (κ3) is 3.47.